The number of rotatable bonds is 5. The molecule has 0 aromatic heterocycles. The molecule has 0 radical (unpaired) electrons. The van der Waals surface area contributed by atoms with Gasteiger partial charge in [-0.15, -0.1) is 0 Å². The minimum absolute atomic E-state index is 0.0549. The maximum atomic E-state index is 13.3. The molecule has 3 aliphatic heterocycles. The Morgan fingerprint density at radius 1 is 0.969 bits per heavy atom. The van der Waals surface area contributed by atoms with Crippen molar-refractivity contribution in [3.05, 3.63) is 48.0 Å². The summed E-state index contributed by atoms with van der Waals surface area (Å²) >= 11 is 0. The van der Waals surface area contributed by atoms with Gasteiger partial charge < -0.3 is 14.4 Å². The second kappa shape index (κ2) is 8.63. The third-order valence-corrected chi connectivity index (χ3v) is 7.70. The number of carbonyl (C=O) groups is 1. The standard InChI is InChI=1S/C23H27N3O5S/c27-23(26-12-9-17(16-26)25-10-3-4-11-25)19-5-1-2-6-20(19)24-32(28,29)18-7-8-21-22(15-18)31-14-13-30-21/h1-2,5-8,15,17,24H,3-4,9-14,16H2. The number of fused-ring (bicyclic) bond motifs is 1. The van der Waals surface area contributed by atoms with E-state index in [9.17, 15) is 13.2 Å². The molecule has 2 fully saturated rings. The average molecular weight is 458 g/mol. The number of amides is 1. The smallest absolute Gasteiger partial charge is 0.262 e. The molecular formula is C23H27N3O5S. The zero-order valence-electron chi connectivity index (χ0n) is 17.8. The molecule has 2 aromatic rings. The first-order valence-corrected chi connectivity index (χ1v) is 12.5. The van der Waals surface area contributed by atoms with Crippen molar-refractivity contribution < 1.29 is 22.7 Å². The summed E-state index contributed by atoms with van der Waals surface area (Å²) in [5.41, 5.74) is 0.632. The molecule has 8 nitrogen and oxygen atoms in total. The van der Waals surface area contributed by atoms with Crippen LogP contribution in [0.15, 0.2) is 47.4 Å². The number of sulfonamides is 1. The average Bonchev–Trinajstić information content (AvgIpc) is 3.50. The van der Waals surface area contributed by atoms with Gasteiger partial charge in [0.05, 0.1) is 16.1 Å². The fourth-order valence-electron chi connectivity index (χ4n) is 4.65. The summed E-state index contributed by atoms with van der Waals surface area (Å²) in [6.07, 6.45) is 3.39. The second-order valence-corrected chi connectivity index (χ2v) is 10.1. The lowest BCUT2D eigenvalue weighted by Gasteiger charge is -2.24. The molecule has 0 aliphatic carbocycles. The molecule has 2 saturated heterocycles. The van der Waals surface area contributed by atoms with Crippen LogP contribution in [0.4, 0.5) is 5.69 Å². The van der Waals surface area contributed by atoms with E-state index in [4.69, 9.17) is 9.47 Å². The van der Waals surface area contributed by atoms with Crippen LogP contribution in [-0.2, 0) is 10.0 Å². The largest absolute Gasteiger partial charge is 0.486 e. The molecule has 9 heteroatoms. The van der Waals surface area contributed by atoms with Gasteiger partial charge in [0.1, 0.15) is 13.2 Å². The van der Waals surface area contributed by atoms with E-state index >= 15 is 0 Å². The fraction of sp³-hybridized carbons (Fsp3) is 0.435. The Bertz CT molecular complexity index is 1110. The lowest BCUT2D eigenvalue weighted by molar-refractivity contribution is 0.0781. The number of hydrogen-bond acceptors (Lipinski definition) is 6. The Hall–Kier alpha value is -2.78. The lowest BCUT2D eigenvalue weighted by atomic mass is 10.1. The highest BCUT2D eigenvalue weighted by molar-refractivity contribution is 7.92. The van der Waals surface area contributed by atoms with Crippen LogP contribution < -0.4 is 14.2 Å². The van der Waals surface area contributed by atoms with Crippen molar-refractivity contribution in [1.29, 1.82) is 0 Å². The summed E-state index contributed by atoms with van der Waals surface area (Å²) in [7, 11) is -3.91. The van der Waals surface area contributed by atoms with Crippen LogP contribution >= 0.6 is 0 Å². The summed E-state index contributed by atoms with van der Waals surface area (Å²) in [6.45, 7) is 4.36. The Kier molecular flexibility index (Phi) is 5.69. The summed E-state index contributed by atoms with van der Waals surface area (Å²) in [5.74, 6) is 0.771. The third kappa shape index (κ3) is 4.14. The zero-order chi connectivity index (χ0) is 22.1. The topological polar surface area (TPSA) is 88.2 Å². The van der Waals surface area contributed by atoms with Gasteiger partial charge in [-0.1, -0.05) is 12.1 Å². The normalized spacial score (nSPS) is 21.0. The first-order valence-electron chi connectivity index (χ1n) is 11.1. The van der Waals surface area contributed by atoms with Crippen molar-refractivity contribution in [3.63, 3.8) is 0 Å². The van der Waals surface area contributed by atoms with Gasteiger partial charge in [0.25, 0.3) is 15.9 Å². The van der Waals surface area contributed by atoms with Crippen LogP contribution in [0.2, 0.25) is 0 Å². The number of nitrogens with one attached hydrogen (secondary N) is 1. The van der Waals surface area contributed by atoms with Crippen molar-refractivity contribution in [3.8, 4) is 11.5 Å². The molecule has 170 valence electrons. The van der Waals surface area contributed by atoms with Gasteiger partial charge in [-0.05, 0) is 56.6 Å². The van der Waals surface area contributed by atoms with Crippen LogP contribution in [-0.4, -0.2) is 69.6 Å². The number of hydrogen-bond donors (Lipinski definition) is 1. The molecule has 1 atom stereocenters. The summed E-state index contributed by atoms with van der Waals surface area (Å²) in [4.78, 5) is 17.6. The number of likely N-dealkylation sites (tertiary alicyclic amines) is 2. The van der Waals surface area contributed by atoms with Crippen molar-refractivity contribution in [2.45, 2.75) is 30.2 Å². The Morgan fingerprint density at radius 3 is 2.53 bits per heavy atom. The van der Waals surface area contributed by atoms with Gasteiger partial charge in [-0.3, -0.25) is 14.4 Å². The molecule has 0 bridgehead atoms. The fourth-order valence-corrected chi connectivity index (χ4v) is 5.75. The van der Waals surface area contributed by atoms with E-state index in [1.165, 1.54) is 25.0 Å². The van der Waals surface area contributed by atoms with Crippen molar-refractivity contribution in [2.75, 3.05) is 44.1 Å². The lowest BCUT2D eigenvalue weighted by Crippen LogP contribution is -2.37. The van der Waals surface area contributed by atoms with Crippen molar-refractivity contribution in [1.82, 2.24) is 9.80 Å². The first-order chi connectivity index (χ1) is 15.5. The maximum Gasteiger partial charge on any atom is 0.262 e. The molecular weight excluding hydrogens is 430 g/mol. The van der Waals surface area contributed by atoms with Gasteiger partial charge >= 0.3 is 0 Å². The maximum absolute atomic E-state index is 13.3. The summed E-state index contributed by atoms with van der Waals surface area (Å²) in [6, 6.07) is 11.7. The van der Waals surface area contributed by atoms with Gasteiger partial charge in [-0.2, -0.15) is 0 Å². The highest BCUT2D eigenvalue weighted by Gasteiger charge is 2.33. The molecule has 2 aromatic carbocycles. The second-order valence-electron chi connectivity index (χ2n) is 8.39. The van der Waals surface area contributed by atoms with E-state index < -0.39 is 10.0 Å². The minimum Gasteiger partial charge on any atom is -0.486 e. The summed E-state index contributed by atoms with van der Waals surface area (Å²) in [5, 5.41) is 0. The van der Waals surface area contributed by atoms with Crippen LogP contribution in [0.3, 0.4) is 0 Å². The predicted molar refractivity (Wildman–Crippen MR) is 120 cm³/mol. The number of carbonyl (C=O) groups excluding carboxylic acids is 1. The first kappa shape index (κ1) is 21.1. The number of para-hydroxylation sites is 1. The van der Waals surface area contributed by atoms with Crippen LogP contribution in [0.1, 0.15) is 29.6 Å². The molecule has 0 saturated carbocycles. The number of benzene rings is 2. The molecule has 1 N–H and O–H groups in total. The quantitative estimate of drug-likeness (QED) is 0.743. The van der Waals surface area contributed by atoms with Gasteiger partial charge in [0.2, 0.25) is 0 Å². The monoisotopic (exact) mass is 457 g/mol. The molecule has 5 rings (SSSR count). The Morgan fingerprint density at radius 2 is 1.72 bits per heavy atom. The molecule has 0 spiro atoms. The Labute approximate surface area is 188 Å². The molecule has 32 heavy (non-hydrogen) atoms. The third-order valence-electron chi connectivity index (χ3n) is 6.33. The Balaban J connectivity index is 1.35. The predicted octanol–water partition coefficient (Wildman–Crippen LogP) is 2.57. The van der Waals surface area contributed by atoms with Crippen molar-refractivity contribution in [2.24, 2.45) is 0 Å². The van der Waals surface area contributed by atoms with E-state index in [1.54, 1.807) is 30.3 Å². The number of anilines is 1. The van der Waals surface area contributed by atoms with E-state index in [0.717, 1.165) is 19.5 Å². The van der Waals surface area contributed by atoms with E-state index in [2.05, 4.69) is 9.62 Å². The molecule has 3 aliphatic rings. The van der Waals surface area contributed by atoms with Gasteiger partial charge in [0, 0.05) is 25.2 Å². The van der Waals surface area contributed by atoms with Crippen LogP contribution in [0.5, 0.6) is 11.5 Å². The molecule has 1 unspecified atom stereocenters. The van der Waals surface area contributed by atoms with E-state index in [1.807, 2.05) is 4.90 Å². The van der Waals surface area contributed by atoms with Gasteiger partial charge in [-0.25, -0.2) is 8.42 Å². The number of nitrogens with zero attached hydrogens (tertiary/aromatic N) is 2. The molecule has 1 amide bonds. The molecule has 3 heterocycles. The van der Waals surface area contributed by atoms with E-state index in [-0.39, 0.29) is 16.5 Å². The van der Waals surface area contributed by atoms with Crippen molar-refractivity contribution >= 4 is 21.6 Å². The highest BCUT2D eigenvalue weighted by atomic mass is 32.2. The van der Waals surface area contributed by atoms with Gasteiger partial charge in [0.15, 0.2) is 11.5 Å². The SMILES string of the molecule is O=C(c1ccccc1NS(=O)(=O)c1ccc2c(c1)OCCO2)N1CCC(N2CCCC2)C1. The van der Waals surface area contributed by atoms with Crippen LogP contribution in [0.25, 0.3) is 0 Å². The minimum atomic E-state index is -3.91. The van der Waals surface area contributed by atoms with Crippen LogP contribution in [0, 0.1) is 0 Å². The summed E-state index contributed by atoms with van der Waals surface area (Å²) < 4.78 is 39.7. The highest BCUT2D eigenvalue weighted by Crippen LogP contribution is 2.33. The number of ether oxygens (including phenoxy) is 2. The zero-order valence-corrected chi connectivity index (χ0v) is 18.6. The van der Waals surface area contributed by atoms with E-state index in [0.29, 0.717) is 49.4 Å².